The Kier molecular flexibility index (Phi) is 12.8. The standard InChI is InChI=1S/C48H59N7O8S2/c1-28(2)37-27-64-43(51-37)36-24-40(34-18-19-39(62-7)29(3)41(34)50-36)63-33-23-38-42(56)52-48(46(59)53-65(60,61)47(4)20-21-47)25-31(48)15-11-9-8-10-12-17-35(45(58)55(38)26-33)49-32-16-13-14-30(22-32)44(57)54(5)6/h11,13-16,18-19,22,24,27-28,31,33,35,38,49H,8-10,12,17,20-21,23,25-26H2,1-7H3,(H,52,56)(H,53,59)/t31-,33-,35+,38+,48-/m1/s1. The van der Waals surface area contributed by atoms with Crippen LogP contribution in [0.15, 0.2) is 60.0 Å². The minimum absolute atomic E-state index is 0.0343. The van der Waals surface area contributed by atoms with Gasteiger partial charge in [-0.15, -0.1) is 11.3 Å². The van der Waals surface area contributed by atoms with Crippen molar-refractivity contribution in [1.29, 1.82) is 0 Å². The first-order valence-corrected chi connectivity index (χ1v) is 24.8. The van der Waals surface area contributed by atoms with Crippen LogP contribution in [0.4, 0.5) is 5.69 Å². The number of fused-ring (bicyclic) bond motifs is 3. The van der Waals surface area contributed by atoms with Crippen molar-refractivity contribution in [2.45, 2.75) is 120 Å². The fraction of sp³-hybridized carbons (Fsp3) is 0.500. The number of aryl methyl sites for hydroxylation is 1. The lowest BCUT2D eigenvalue weighted by Crippen LogP contribution is -2.58. The normalized spacial score (nSPS) is 24.3. The van der Waals surface area contributed by atoms with Crippen LogP contribution in [0, 0.1) is 12.8 Å². The lowest BCUT2D eigenvalue weighted by Gasteiger charge is -2.30. The molecule has 17 heteroatoms. The number of pyridine rings is 1. The first kappa shape index (κ1) is 46.0. The summed E-state index contributed by atoms with van der Waals surface area (Å²) in [6.45, 7) is 7.74. The number of allylic oxidation sites excluding steroid dienone is 1. The van der Waals surface area contributed by atoms with Gasteiger partial charge >= 0.3 is 0 Å². The summed E-state index contributed by atoms with van der Waals surface area (Å²) in [6, 6.07) is 10.7. The Morgan fingerprint density at radius 3 is 2.54 bits per heavy atom. The predicted molar refractivity (Wildman–Crippen MR) is 251 cm³/mol. The Balaban J connectivity index is 1.16. The summed E-state index contributed by atoms with van der Waals surface area (Å²) >= 11 is 1.49. The van der Waals surface area contributed by atoms with Crippen molar-refractivity contribution in [2.75, 3.05) is 33.1 Å². The zero-order chi connectivity index (χ0) is 46.4. The summed E-state index contributed by atoms with van der Waals surface area (Å²) in [7, 11) is 0.951. The highest BCUT2D eigenvalue weighted by atomic mass is 32.2. The van der Waals surface area contributed by atoms with Crippen LogP contribution in [0.5, 0.6) is 11.5 Å². The van der Waals surface area contributed by atoms with Crippen LogP contribution >= 0.6 is 11.3 Å². The zero-order valence-electron chi connectivity index (χ0n) is 38.1. The van der Waals surface area contributed by atoms with E-state index in [0.717, 1.165) is 29.1 Å². The second kappa shape index (κ2) is 18.0. The van der Waals surface area contributed by atoms with E-state index < -0.39 is 56.2 Å². The van der Waals surface area contributed by atoms with Gasteiger partial charge in [0.1, 0.15) is 45.9 Å². The largest absolute Gasteiger partial charge is 0.496 e. The number of sulfonamides is 1. The summed E-state index contributed by atoms with van der Waals surface area (Å²) in [5.74, 6) is -0.953. The molecule has 4 aliphatic rings. The molecule has 3 fully saturated rings. The molecule has 4 amide bonds. The van der Waals surface area contributed by atoms with E-state index in [1.54, 1.807) is 46.3 Å². The summed E-state index contributed by atoms with van der Waals surface area (Å²) < 4.78 is 40.5. The van der Waals surface area contributed by atoms with Gasteiger partial charge < -0.3 is 29.9 Å². The van der Waals surface area contributed by atoms with E-state index in [4.69, 9.17) is 19.4 Å². The summed E-state index contributed by atoms with van der Waals surface area (Å²) in [6.07, 6.45) is 7.87. The Morgan fingerprint density at radius 1 is 1.05 bits per heavy atom. The van der Waals surface area contributed by atoms with Crippen LogP contribution in [-0.4, -0.2) is 108 Å². The molecule has 2 aliphatic carbocycles. The molecule has 346 valence electrons. The number of nitrogens with one attached hydrogen (secondary N) is 3. The Labute approximate surface area is 384 Å². The Hall–Kier alpha value is -5.55. The number of rotatable bonds is 11. The van der Waals surface area contributed by atoms with E-state index in [1.807, 2.05) is 48.7 Å². The van der Waals surface area contributed by atoms with Crippen molar-refractivity contribution in [3.63, 3.8) is 0 Å². The molecule has 2 aromatic carbocycles. The number of benzene rings is 2. The lowest BCUT2D eigenvalue weighted by molar-refractivity contribution is -0.140. The number of methoxy groups -OCH3 is 1. The second-order valence-corrected chi connectivity index (χ2v) is 21.8. The van der Waals surface area contributed by atoms with Gasteiger partial charge in [-0.05, 0) is 88.6 Å². The molecule has 2 aromatic heterocycles. The number of ether oxygens (including phenoxy) is 2. The molecule has 3 N–H and O–H groups in total. The number of amides is 4. The van der Waals surface area contributed by atoms with Crippen LogP contribution in [0.25, 0.3) is 21.6 Å². The molecular weight excluding hydrogens is 867 g/mol. The van der Waals surface area contributed by atoms with Crippen LogP contribution in [0.2, 0.25) is 0 Å². The SMILES string of the molecule is COc1ccc2c(O[C@@H]3C[C@H]4C(=O)N[C@]5(C(=O)NS(=O)(=O)C6(C)CC6)C[C@H]5C=CCCCCC[C@H](Nc5cccc(C(=O)N(C)C)c5)C(=O)N4C3)cc(-c3nc(C(C)C)cs3)nc2c1C. The number of aromatic nitrogens is 2. The number of carbonyl (C=O) groups is 4. The summed E-state index contributed by atoms with van der Waals surface area (Å²) in [5, 5.41) is 9.85. The van der Waals surface area contributed by atoms with Crippen LogP contribution in [0.3, 0.4) is 0 Å². The van der Waals surface area contributed by atoms with Crippen molar-refractivity contribution in [1.82, 2.24) is 29.8 Å². The molecule has 4 heterocycles. The highest BCUT2D eigenvalue weighted by Crippen LogP contribution is 2.48. The average Bonchev–Trinajstić information content (AvgIpc) is 4.05. The Bertz CT molecular complexity index is 2660. The highest BCUT2D eigenvalue weighted by molar-refractivity contribution is 7.91. The molecule has 5 atom stereocenters. The van der Waals surface area contributed by atoms with Gasteiger partial charge in [-0.3, -0.25) is 23.9 Å². The first-order valence-electron chi connectivity index (χ1n) is 22.5. The van der Waals surface area contributed by atoms with E-state index in [1.165, 1.54) is 21.1 Å². The molecule has 4 aromatic rings. The van der Waals surface area contributed by atoms with E-state index in [9.17, 15) is 22.8 Å². The monoisotopic (exact) mass is 925 g/mol. The minimum atomic E-state index is -4.01. The fourth-order valence-corrected chi connectivity index (χ4v) is 11.1. The van der Waals surface area contributed by atoms with E-state index in [2.05, 4.69) is 29.2 Å². The lowest BCUT2D eigenvalue weighted by atomic mass is 10.0. The molecular formula is C48H59N7O8S2. The Morgan fingerprint density at radius 2 is 1.83 bits per heavy atom. The molecule has 2 saturated carbocycles. The van der Waals surface area contributed by atoms with E-state index in [0.29, 0.717) is 71.5 Å². The number of carbonyl (C=O) groups excluding carboxylic acids is 4. The minimum Gasteiger partial charge on any atom is -0.496 e. The van der Waals surface area contributed by atoms with Crippen molar-refractivity contribution < 1.29 is 37.1 Å². The average molecular weight is 926 g/mol. The molecule has 8 rings (SSSR count). The molecule has 1 saturated heterocycles. The van der Waals surface area contributed by atoms with Gasteiger partial charge in [0.15, 0.2) is 0 Å². The van der Waals surface area contributed by atoms with Gasteiger partial charge in [-0.1, -0.05) is 44.9 Å². The van der Waals surface area contributed by atoms with Gasteiger partial charge in [-0.25, -0.2) is 18.4 Å². The topological polar surface area (TPSA) is 189 Å². The van der Waals surface area contributed by atoms with Crippen molar-refractivity contribution in [2.24, 2.45) is 5.92 Å². The van der Waals surface area contributed by atoms with Gasteiger partial charge in [0, 0.05) is 60.1 Å². The number of hydrogen-bond acceptors (Lipinski definition) is 12. The molecule has 2 aliphatic heterocycles. The van der Waals surface area contributed by atoms with Gasteiger partial charge in [0.25, 0.3) is 11.8 Å². The van der Waals surface area contributed by atoms with Crippen LogP contribution in [0.1, 0.15) is 106 Å². The smallest absolute Gasteiger partial charge is 0.259 e. The van der Waals surface area contributed by atoms with E-state index in [-0.39, 0.29) is 37.1 Å². The molecule has 0 radical (unpaired) electrons. The van der Waals surface area contributed by atoms with E-state index >= 15 is 4.79 Å². The maximum Gasteiger partial charge on any atom is 0.259 e. The maximum atomic E-state index is 15.1. The number of hydrogen-bond donors (Lipinski definition) is 3. The van der Waals surface area contributed by atoms with Gasteiger partial charge in [0.2, 0.25) is 21.8 Å². The van der Waals surface area contributed by atoms with Gasteiger partial charge in [-0.2, -0.15) is 0 Å². The molecule has 0 spiro atoms. The zero-order valence-corrected chi connectivity index (χ0v) is 39.7. The quantitative estimate of drug-likeness (QED) is 0.136. The third kappa shape index (κ3) is 9.31. The second-order valence-electron chi connectivity index (χ2n) is 18.7. The molecule has 0 bridgehead atoms. The highest BCUT2D eigenvalue weighted by Gasteiger charge is 2.63. The number of thiazole rings is 1. The van der Waals surface area contributed by atoms with Crippen LogP contribution < -0.4 is 24.8 Å². The molecule has 15 nitrogen and oxygen atoms in total. The van der Waals surface area contributed by atoms with Gasteiger partial charge in [0.05, 0.1) is 29.6 Å². The fourth-order valence-electron chi connectivity index (χ4n) is 8.80. The summed E-state index contributed by atoms with van der Waals surface area (Å²) in [4.78, 5) is 70.0. The van der Waals surface area contributed by atoms with Crippen molar-refractivity contribution >= 4 is 61.6 Å². The number of nitrogens with zero attached hydrogens (tertiary/aromatic N) is 4. The first-order chi connectivity index (χ1) is 30.9. The summed E-state index contributed by atoms with van der Waals surface area (Å²) in [5.41, 5.74) is 2.54. The molecule has 0 unspecified atom stereocenters. The van der Waals surface area contributed by atoms with Crippen molar-refractivity contribution in [3.8, 4) is 22.2 Å². The predicted octanol–water partition coefficient (Wildman–Crippen LogP) is 6.72. The third-order valence-electron chi connectivity index (χ3n) is 13.3. The maximum absolute atomic E-state index is 15.1. The third-order valence-corrected chi connectivity index (χ3v) is 16.4. The molecule has 65 heavy (non-hydrogen) atoms. The van der Waals surface area contributed by atoms with Crippen LogP contribution in [-0.2, 0) is 24.4 Å². The number of anilines is 1. The van der Waals surface area contributed by atoms with Crippen molar-refractivity contribution in [3.05, 3.63) is 76.8 Å².